The van der Waals surface area contributed by atoms with Crippen LogP contribution in [0.25, 0.3) is 0 Å². The fraction of sp³-hybridized carbons (Fsp3) is 0.115. The van der Waals surface area contributed by atoms with Crippen LogP contribution in [0.5, 0.6) is 0 Å². The van der Waals surface area contributed by atoms with Crippen molar-refractivity contribution in [2.75, 3.05) is 17.3 Å². The summed E-state index contributed by atoms with van der Waals surface area (Å²) in [6.45, 7) is 0.692. The molecule has 0 spiro atoms. The predicted octanol–water partition coefficient (Wildman–Crippen LogP) is 6.45. The van der Waals surface area contributed by atoms with Gasteiger partial charge in [-0.3, -0.25) is 4.79 Å². The number of rotatable bonds is 8. The lowest BCUT2D eigenvalue weighted by Gasteiger charge is -2.19. The number of aromatic nitrogens is 2. The van der Waals surface area contributed by atoms with Gasteiger partial charge < -0.3 is 10.2 Å². The van der Waals surface area contributed by atoms with Crippen molar-refractivity contribution >= 4 is 40.8 Å². The first-order valence-electron chi connectivity index (χ1n) is 10.6. The molecule has 4 aromatic rings. The maximum atomic E-state index is 13.9. The van der Waals surface area contributed by atoms with E-state index < -0.39 is 5.82 Å². The molecule has 0 aliphatic carbocycles. The monoisotopic (exact) mass is 492 g/mol. The zero-order valence-corrected chi connectivity index (χ0v) is 20.0. The van der Waals surface area contributed by atoms with Crippen molar-refractivity contribution in [3.8, 4) is 0 Å². The molecule has 1 heterocycles. The van der Waals surface area contributed by atoms with Crippen molar-refractivity contribution < 1.29 is 9.18 Å². The average molecular weight is 493 g/mol. The van der Waals surface area contributed by atoms with Crippen LogP contribution >= 0.6 is 23.4 Å². The first-order chi connectivity index (χ1) is 16.5. The van der Waals surface area contributed by atoms with E-state index in [0.717, 1.165) is 11.4 Å². The molecule has 1 amide bonds. The van der Waals surface area contributed by atoms with Crippen LogP contribution in [0.3, 0.4) is 0 Å². The predicted molar refractivity (Wildman–Crippen MR) is 136 cm³/mol. The van der Waals surface area contributed by atoms with E-state index in [4.69, 9.17) is 11.6 Å². The Morgan fingerprint density at radius 1 is 0.971 bits per heavy atom. The van der Waals surface area contributed by atoms with Crippen LogP contribution in [-0.2, 0) is 12.3 Å². The van der Waals surface area contributed by atoms with Crippen molar-refractivity contribution in [3.05, 3.63) is 113 Å². The lowest BCUT2D eigenvalue weighted by Crippen LogP contribution is -2.18. The third-order valence-corrected chi connectivity index (χ3v) is 6.11. The highest BCUT2D eigenvalue weighted by Gasteiger charge is 2.12. The molecule has 0 radical (unpaired) electrons. The summed E-state index contributed by atoms with van der Waals surface area (Å²) in [6.07, 6.45) is 0. The molecule has 1 N–H and O–H groups in total. The van der Waals surface area contributed by atoms with Crippen LogP contribution in [0.4, 0.5) is 15.9 Å². The van der Waals surface area contributed by atoms with Crippen LogP contribution in [0.15, 0.2) is 90.1 Å². The summed E-state index contributed by atoms with van der Waals surface area (Å²) in [7, 11) is 1.96. The molecule has 8 heteroatoms. The Kier molecular flexibility index (Phi) is 7.77. The summed E-state index contributed by atoms with van der Waals surface area (Å²) < 4.78 is 13.9. The number of carbonyl (C=O) groups excluding carboxylic acids is 1. The minimum absolute atomic E-state index is 0.145. The second kappa shape index (κ2) is 11.1. The van der Waals surface area contributed by atoms with E-state index in [9.17, 15) is 9.18 Å². The highest BCUT2D eigenvalue weighted by Crippen LogP contribution is 2.25. The summed E-state index contributed by atoms with van der Waals surface area (Å²) in [6, 6.07) is 25.1. The summed E-state index contributed by atoms with van der Waals surface area (Å²) in [4.78, 5) is 23.6. The summed E-state index contributed by atoms with van der Waals surface area (Å²) in [5.41, 5.74) is 2.66. The molecule has 5 nitrogen and oxygen atoms in total. The van der Waals surface area contributed by atoms with Gasteiger partial charge in [-0.25, -0.2) is 14.4 Å². The first-order valence-corrected chi connectivity index (χ1v) is 11.9. The molecule has 0 fully saturated rings. The second-order valence-corrected chi connectivity index (χ2v) is 8.93. The Balaban J connectivity index is 1.42. The zero-order valence-electron chi connectivity index (χ0n) is 18.4. The first kappa shape index (κ1) is 23.7. The molecule has 0 atom stereocenters. The van der Waals surface area contributed by atoms with Crippen molar-refractivity contribution in [3.63, 3.8) is 0 Å². The zero-order chi connectivity index (χ0) is 23.9. The second-order valence-electron chi connectivity index (χ2n) is 7.60. The number of nitrogens with zero attached hydrogens (tertiary/aromatic N) is 3. The van der Waals surface area contributed by atoms with Gasteiger partial charge in [0.05, 0.1) is 5.69 Å². The maximum Gasteiger partial charge on any atom is 0.255 e. The number of nitrogens with one attached hydrogen (secondary N) is 1. The standard InChI is InChI=1S/C26H22ClFN4OS/c1-32(16-18-8-3-2-4-9-18)24-15-23(27)30-26(31-24)34-17-19-10-7-11-20(14-19)25(33)29-22-13-6-5-12-21(22)28/h2-15H,16-17H2,1H3,(H,29,33). The van der Waals surface area contributed by atoms with Gasteiger partial charge in [-0.05, 0) is 35.4 Å². The topological polar surface area (TPSA) is 58.1 Å². The number of benzene rings is 3. The number of amides is 1. The number of halogens is 2. The third-order valence-electron chi connectivity index (χ3n) is 4.99. The van der Waals surface area contributed by atoms with Gasteiger partial charge in [0.1, 0.15) is 16.8 Å². The third kappa shape index (κ3) is 6.34. The van der Waals surface area contributed by atoms with Crippen molar-refractivity contribution in [2.24, 2.45) is 0 Å². The van der Waals surface area contributed by atoms with Gasteiger partial charge in [0.25, 0.3) is 5.91 Å². The van der Waals surface area contributed by atoms with Gasteiger partial charge >= 0.3 is 0 Å². The SMILES string of the molecule is CN(Cc1ccccc1)c1cc(Cl)nc(SCc2cccc(C(=O)Nc3ccccc3F)c2)n1. The minimum Gasteiger partial charge on any atom is -0.355 e. The summed E-state index contributed by atoms with van der Waals surface area (Å²) >= 11 is 7.69. The van der Waals surface area contributed by atoms with Crippen LogP contribution < -0.4 is 10.2 Å². The van der Waals surface area contributed by atoms with E-state index in [-0.39, 0.29) is 11.6 Å². The van der Waals surface area contributed by atoms with Gasteiger partial charge in [-0.15, -0.1) is 0 Å². The van der Waals surface area contributed by atoms with Crippen molar-refractivity contribution in [1.29, 1.82) is 0 Å². The molecule has 0 saturated carbocycles. The molecule has 3 aromatic carbocycles. The molecule has 0 aliphatic rings. The number of para-hydroxylation sites is 1. The summed E-state index contributed by atoms with van der Waals surface area (Å²) in [5.74, 6) is 0.419. The van der Waals surface area contributed by atoms with E-state index in [1.807, 2.05) is 36.2 Å². The van der Waals surface area contributed by atoms with Crippen LogP contribution in [0, 0.1) is 5.82 Å². The Morgan fingerprint density at radius 3 is 2.50 bits per heavy atom. The number of hydrogen-bond acceptors (Lipinski definition) is 5. The Hall–Kier alpha value is -3.42. The van der Waals surface area contributed by atoms with E-state index in [1.165, 1.54) is 29.5 Å². The van der Waals surface area contributed by atoms with E-state index in [1.54, 1.807) is 36.4 Å². The van der Waals surface area contributed by atoms with Crippen molar-refractivity contribution in [1.82, 2.24) is 9.97 Å². The Bertz CT molecular complexity index is 1290. The largest absolute Gasteiger partial charge is 0.355 e. The average Bonchev–Trinajstić information content (AvgIpc) is 2.84. The number of anilines is 2. The Labute approximate surface area is 207 Å². The molecule has 0 unspecified atom stereocenters. The van der Waals surface area contributed by atoms with Crippen LogP contribution in [-0.4, -0.2) is 22.9 Å². The molecule has 4 rings (SSSR count). The molecule has 0 saturated heterocycles. The highest BCUT2D eigenvalue weighted by molar-refractivity contribution is 7.98. The molecule has 34 heavy (non-hydrogen) atoms. The van der Waals surface area contributed by atoms with E-state index in [2.05, 4.69) is 27.4 Å². The van der Waals surface area contributed by atoms with E-state index in [0.29, 0.717) is 28.2 Å². The summed E-state index contributed by atoms with van der Waals surface area (Å²) in [5, 5.41) is 3.52. The Morgan fingerprint density at radius 2 is 1.71 bits per heavy atom. The molecule has 0 aliphatic heterocycles. The maximum absolute atomic E-state index is 13.9. The van der Waals surface area contributed by atoms with Gasteiger partial charge in [-0.1, -0.05) is 78.0 Å². The lowest BCUT2D eigenvalue weighted by atomic mass is 10.1. The van der Waals surface area contributed by atoms with Gasteiger partial charge in [-0.2, -0.15) is 0 Å². The fourth-order valence-electron chi connectivity index (χ4n) is 3.29. The number of hydrogen-bond donors (Lipinski definition) is 1. The number of carbonyl (C=O) groups is 1. The molecule has 172 valence electrons. The van der Waals surface area contributed by atoms with Crippen molar-refractivity contribution in [2.45, 2.75) is 17.5 Å². The van der Waals surface area contributed by atoms with Gasteiger partial charge in [0, 0.05) is 31.0 Å². The lowest BCUT2D eigenvalue weighted by molar-refractivity contribution is 0.102. The quantitative estimate of drug-likeness (QED) is 0.174. The molecule has 0 bridgehead atoms. The minimum atomic E-state index is -0.478. The van der Waals surface area contributed by atoms with Gasteiger partial charge in [0.15, 0.2) is 5.16 Å². The van der Waals surface area contributed by atoms with Crippen LogP contribution in [0.1, 0.15) is 21.5 Å². The fourth-order valence-corrected chi connectivity index (χ4v) is 4.32. The van der Waals surface area contributed by atoms with Crippen LogP contribution in [0.2, 0.25) is 5.15 Å². The molecular formula is C26H22ClFN4OS. The van der Waals surface area contributed by atoms with E-state index >= 15 is 0 Å². The molecular weight excluding hydrogens is 471 g/mol. The highest BCUT2D eigenvalue weighted by atomic mass is 35.5. The smallest absolute Gasteiger partial charge is 0.255 e. The number of thioether (sulfide) groups is 1. The molecule has 1 aromatic heterocycles. The normalized spacial score (nSPS) is 10.7. The van der Waals surface area contributed by atoms with Gasteiger partial charge in [0.2, 0.25) is 0 Å².